The number of benzene rings is 3. The van der Waals surface area contributed by atoms with Gasteiger partial charge in [-0.2, -0.15) is 0 Å². The molecule has 1 amide bonds. The molecule has 3 aromatic carbocycles. The maximum atomic E-state index is 13.4. The lowest BCUT2D eigenvalue weighted by Gasteiger charge is -2.18. The highest BCUT2D eigenvalue weighted by atomic mass is 35.5. The van der Waals surface area contributed by atoms with Gasteiger partial charge in [0, 0.05) is 54.1 Å². The van der Waals surface area contributed by atoms with Gasteiger partial charge in [0.1, 0.15) is 5.82 Å². The van der Waals surface area contributed by atoms with E-state index < -0.39 is 0 Å². The minimum absolute atomic E-state index is 0.00203. The summed E-state index contributed by atoms with van der Waals surface area (Å²) in [7, 11) is 3.97. The fraction of sp³-hybridized carbons (Fsp3) is 0.250. The molecular formula is C28H29ClFN3O. The average Bonchev–Trinajstić information content (AvgIpc) is 3.17. The molecule has 0 saturated carbocycles. The Morgan fingerprint density at radius 2 is 1.82 bits per heavy atom. The lowest BCUT2D eigenvalue weighted by molar-refractivity contribution is -0.121. The normalized spacial score (nSPS) is 12.3. The Kier molecular flexibility index (Phi) is 7.66. The van der Waals surface area contributed by atoms with Gasteiger partial charge in [-0.1, -0.05) is 54.1 Å². The lowest BCUT2D eigenvalue weighted by atomic mass is 9.88. The lowest BCUT2D eigenvalue weighted by Crippen LogP contribution is -2.32. The Bertz CT molecular complexity index is 1270. The number of aromatic nitrogens is 1. The van der Waals surface area contributed by atoms with Crippen LogP contribution in [0, 0.1) is 5.82 Å². The maximum Gasteiger partial charge on any atom is 0.220 e. The third-order valence-corrected chi connectivity index (χ3v) is 6.22. The van der Waals surface area contributed by atoms with Crippen LogP contribution in [-0.2, 0) is 11.3 Å². The molecule has 34 heavy (non-hydrogen) atoms. The molecule has 0 spiro atoms. The number of likely N-dealkylation sites (N-methyl/N-ethyl adjacent to an activating group) is 1. The van der Waals surface area contributed by atoms with Crippen molar-refractivity contribution in [1.29, 1.82) is 0 Å². The maximum absolute atomic E-state index is 13.4. The highest BCUT2D eigenvalue weighted by molar-refractivity contribution is 6.30. The topological polar surface area (TPSA) is 37.3 Å². The van der Waals surface area contributed by atoms with Crippen LogP contribution in [-0.4, -0.2) is 42.6 Å². The predicted octanol–water partition coefficient (Wildman–Crippen LogP) is 5.68. The van der Waals surface area contributed by atoms with E-state index in [-0.39, 0.29) is 17.6 Å². The van der Waals surface area contributed by atoms with Crippen LogP contribution in [0.4, 0.5) is 4.39 Å². The number of nitrogens with one attached hydrogen (secondary N) is 1. The Labute approximate surface area is 205 Å². The molecule has 0 fully saturated rings. The minimum Gasteiger partial charge on any atom is -0.355 e. The van der Waals surface area contributed by atoms with Crippen LogP contribution >= 0.6 is 11.6 Å². The zero-order valence-corrected chi connectivity index (χ0v) is 20.2. The van der Waals surface area contributed by atoms with Gasteiger partial charge in [0.25, 0.3) is 0 Å². The van der Waals surface area contributed by atoms with E-state index in [2.05, 4.69) is 28.2 Å². The summed E-state index contributed by atoms with van der Waals surface area (Å²) in [5, 5.41) is 4.78. The van der Waals surface area contributed by atoms with Crippen molar-refractivity contribution in [2.24, 2.45) is 0 Å². The first kappa shape index (κ1) is 24.0. The van der Waals surface area contributed by atoms with Gasteiger partial charge >= 0.3 is 0 Å². The van der Waals surface area contributed by atoms with Crippen molar-refractivity contribution in [3.8, 4) is 0 Å². The molecule has 0 saturated heterocycles. The van der Waals surface area contributed by atoms with Crippen LogP contribution in [0.15, 0.2) is 79.0 Å². The van der Waals surface area contributed by atoms with Gasteiger partial charge in [-0.3, -0.25) is 4.79 Å². The summed E-state index contributed by atoms with van der Waals surface area (Å²) in [6, 6.07) is 22.5. The fourth-order valence-corrected chi connectivity index (χ4v) is 4.48. The molecule has 6 heteroatoms. The smallest absolute Gasteiger partial charge is 0.220 e. The molecule has 0 radical (unpaired) electrons. The molecule has 1 aromatic heterocycles. The van der Waals surface area contributed by atoms with Crippen LogP contribution in [0.2, 0.25) is 5.02 Å². The van der Waals surface area contributed by atoms with Crippen molar-refractivity contribution in [2.45, 2.75) is 18.9 Å². The number of hydrogen-bond acceptors (Lipinski definition) is 2. The minimum atomic E-state index is -0.247. The molecule has 0 aliphatic heterocycles. The van der Waals surface area contributed by atoms with E-state index in [4.69, 9.17) is 11.6 Å². The number of carbonyl (C=O) groups is 1. The van der Waals surface area contributed by atoms with Crippen LogP contribution < -0.4 is 5.32 Å². The van der Waals surface area contributed by atoms with Gasteiger partial charge in [0.15, 0.2) is 0 Å². The zero-order chi connectivity index (χ0) is 24.1. The van der Waals surface area contributed by atoms with E-state index in [0.717, 1.165) is 34.1 Å². The van der Waals surface area contributed by atoms with Gasteiger partial charge in [-0.25, -0.2) is 4.39 Å². The van der Waals surface area contributed by atoms with Gasteiger partial charge < -0.3 is 14.8 Å². The summed E-state index contributed by atoms with van der Waals surface area (Å²) in [5.41, 5.74) is 4.15. The summed E-state index contributed by atoms with van der Waals surface area (Å²) in [6.45, 7) is 1.99. The summed E-state index contributed by atoms with van der Waals surface area (Å²) >= 11 is 6.33. The number of amides is 1. The number of fused-ring (bicyclic) bond motifs is 1. The number of para-hydroxylation sites is 1. The molecule has 1 heterocycles. The van der Waals surface area contributed by atoms with E-state index >= 15 is 0 Å². The first-order valence-corrected chi connectivity index (χ1v) is 11.8. The molecular weight excluding hydrogens is 449 g/mol. The molecule has 0 bridgehead atoms. The molecule has 1 atom stereocenters. The summed E-state index contributed by atoms with van der Waals surface area (Å²) in [5.74, 6) is -0.400. The Balaban J connectivity index is 1.71. The molecule has 176 valence electrons. The van der Waals surface area contributed by atoms with Gasteiger partial charge in [-0.15, -0.1) is 0 Å². The second kappa shape index (κ2) is 10.9. The molecule has 4 nitrogen and oxygen atoms in total. The van der Waals surface area contributed by atoms with Crippen molar-refractivity contribution in [3.05, 3.63) is 107 Å². The second-order valence-electron chi connectivity index (χ2n) is 8.82. The van der Waals surface area contributed by atoms with Gasteiger partial charge in [-0.05, 0) is 61.1 Å². The van der Waals surface area contributed by atoms with E-state index in [1.54, 1.807) is 12.1 Å². The number of nitrogens with zero attached hydrogens (tertiary/aromatic N) is 2. The monoisotopic (exact) mass is 477 g/mol. The van der Waals surface area contributed by atoms with E-state index in [0.29, 0.717) is 24.5 Å². The predicted molar refractivity (Wildman–Crippen MR) is 137 cm³/mol. The van der Waals surface area contributed by atoms with E-state index in [1.807, 2.05) is 55.4 Å². The summed E-state index contributed by atoms with van der Waals surface area (Å²) < 4.78 is 15.6. The highest BCUT2D eigenvalue weighted by Crippen LogP contribution is 2.36. The van der Waals surface area contributed by atoms with Crippen molar-refractivity contribution in [3.63, 3.8) is 0 Å². The van der Waals surface area contributed by atoms with Crippen LogP contribution in [0.25, 0.3) is 10.9 Å². The highest BCUT2D eigenvalue weighted by Gasteiger charge is 2.23. The molecule has 0 unspecified atom stereocenters. The number of halogens is 2. The molecule has 1 N–H and O–H groups in total. The van der Waals surface area contributed by atoms with Crippen LogP contribution in [0.3, 0.4) is 0 Å². The molecule has 0 aliphatic carbocycles. The van der Waals surface area contributed by atoms with Crippen molar-refractivity contribution >= 4 is 28.4 Å². The van der Waals surface area contributed by atoms with E-state index in [1.165, 1.54) is 12.1 Å². The summed E-state index contributed by atoms with van der Waals surface area (Å²) in [6.07, 6.45) is 2.44. The number of carbonyl (C=O) groups excluding carboxylic acids is 1. The van der Waals surface area contributed by atoms with Crippen molar-refractivity contribution in [1.82, 2.24) is 14.8 Å². The Hall–Kier alpha value is -3.15. The van der Waals surface area contributed by atoms with E-state index in [9.17, 15) is 9.18 Å². The van der Waals surface area contributed by atoms with Crippen LogP contribution in [0.1, 0.15) is 29.0 Å². The second-order valence-corrected chi connectivity index (χ2v) is 9.26. The third kappa shape index (κ3) is 5.85. The SMILES string of the molecule is CN(C)CCNC(=O)C[C@H](c1cccc(Cl)c1)c1cn(Cc2ccc(F)cc2)c2ccccc12. The van der Waals surface area contributed by atoms with Gasteiger partial charge in [0.2, 0.25) is 5.91 Å². The third-order valence-electron chi connectivity index (χ3n) is 5.98. The summed E-state index contributed by atoms with van der Waals surface area (Å²) in [4.78, 5) is 15.0. The average molecular weight is 478 g/mol. The first-order chi connectivity index (χ1) is 16.4. The van der Waals surface area contributed by atoms with Crippen LogP contribution in [0.5, 0.6) is 0 Å². The molecule has 0 aliphatic rings. The molecule has 4 rings (SSSR count). The Morgan fingerprint density at radius 1 is 1.06 bits per heavy atom. The van der Waals surface area contributed by atoms with Gasteiger partial charge in [0.05, 0.1) is 0 Å². The number of rotatable bonds is 9. The first-order valence-electron chi connectivity index (χ1n) is 11.4. The van der Waals surface area contributed by atoms with Crippen molar-refractivity contribution in [2.75, 3.05) is 27.2 Å². The number of hydrogen-bond donors (Lipinski definition) is 1. The fourth-order valence-electron chi connectivity index (χ4n) is 4.28. The Morgan fingerprint density at radius 3 is 2.56 bits per heavy atom. The quantitative estimate of drug-likeness (QED) is 0.336. The molecule has 4 aromatic rings. The largest absolute Gasteiger partial charge is 0.355 e. The zero-order valence-electron chi connectivity index (χ0n) is 19.5. The standard InChI is InChI=1S/C28H29ClFN3O/c1-32(2)15-14-31-28(34)17-25(21-6-5-7-22(29)16-21)26-19-33(27-9-4-3-8-24(26)27)18-20-10-12-23(30)13-11-20/h3-13,16,19,25H,14-15,17-18H2,1-2H3,(H,31,34)/t25-/m1/s1. The van der Waals surface area contributed by atoms with Crippen molar-refractivity contribution < 1.29 is 9.18 Å².